The summed E-state index contributed by atoms with van der Waals surface area (Å²) < 4.78 is 9.89. The van der Waals surface area contributed by atoms with Crippen LogP contribution in [-0.2, 0) is 9.53 Å². The molecule has 0 spiro atoms. The van der Waals surface area contributed by atoms with Crippen molar-refractivity contribution >= 4 is 23.2 Å². The number of benzene rings is 1. The SMILES string of the molecule is COC(=O)CC(NC(=O)c1cc(C)sc1C)c1ccc(OC)cc1. The third-order valence-electron chi connectivity index (χ3n) is 3.71. The normalized spacial score (nSPS) is 11.7. The van der Waals surface area contributed by atoms with Crippen molar-refractivity contribution in [3.8, 4) is 5.75 Å². The molecule has 1 aromatic heterocycles. The standard InChI is InChI=1S/C18H21NO4S/c1-11-9-15(12(2)24-11)18(21)19-16(10-17(20)23-4)13-5-7-14(22-3)8-6-13/h5-9,16H,10H2,1-4H3,(H,19,21). The summed E-state index contributed by atoms with van der Waals surface area (Å²) in [5, 5.41) is 2.93. The molecular formula is C18H21NO4S. The molecule has 0 fully saturated rings. The highest BCUT2D eigenvalue weighted by Gasteiger charge is 2.21. The number of hydrogen-bond acceptors (Lipinski definition) is 5. The predicted octanol–water partition coefficient (Wildman–Crippen LogP) is 3.41. The van der Waals surface area contributed by atoms with Crippen LogP contribution in [0.3, 0.4) is 0 Å². The fourth-order valence-corrected chi connectivity index (χ4v) is 3.35. The molecule has 1 heterocycles. The van der Waals surface area contributed by atoms with E-state index in [1.54, 1.807) is 30.6 Å². The first kappa shape index (κ1) is 18.0. The maximum atomic E-state index is 12.6. The molecule has 5 nitrogen and oxygen atoms in total. The predicted molar refractivity (Wildman–Crippen MR) is 93.6 cm³/mol. The largest absolute Gasteiger partial charge is 0.497 e. The van der Waals surface area contributed by atoms with E-state index in [1.165, 1.54) is 7.11 Å². The molecule has 1 amide bonds. The third kappa shape index (κ3) is 4.35. The third-order valence-corrected chi connectivity index (χ3v) is 4.67. The minimum atomic E-state index is -0.463. The first-order chi connectivity index (χ1) is 11.4. The van der Waals surface area contributed by atoms with Crippen LogP contribution in [0.2, 0.25) is 0 Å². The Bertz CT molecular complexity index is 721. The molecule has 128 valence electrons. The van der Waals surface area contributed by atoms with Crippen molar-refractivity contribution in [3.05, 3.63) is 51.2 Å². The summed E-state index contributed by atoms with van der Waals surface area (Å²) in [6.07, 6.45) is 0.0662. The van der Waals surface area contributed by atoms with Crippen LogP contribution in [0.15, 0.2) is 30.3 Å². The lowest BCUT2D eigenvalue weighted by molar-refractivity contribution is -0.141. The number of amides is 1. The second-order valence-corrected chi connectivity index (χ2v) is 6.87. The van der Waals surface area contributed by atoms with Gasteiger partial charge >= 0.3 is 5.97 Å². The van der Waals surface area contributed by atoms with Gasteiger partial charge in [-0.15, -0.1) is 11.3 Å². The summed E-state index contributed by atoms with van der Waals surface area (Å²) in [6, 6.07) is 8.66. The van der Waals surface area contributed by atoms with Crippen LogP contribution >= 0.6 is 11.3 Å². The average Bonchev–Trinajstić information content (AvgIpc) is 2.92. The van der Waals surface area contributed by atoms with E-state index >= 15 is 0 Å². The lowest BCUT2D eigenvalue weighted by atomic mass is 10.0. The molecule has 24 heavy (non-hydrogen) atoms. The molecule has 1 aromatic carbocycles. The van der Waals surface area contributed by atoms with Crippen molar-refractivity contribution < 1.29 is 19.1 Å². The molecule has 1 N–H and O–H groups in total. The maximum Gasteiger partial charge on any atom is 0.307 e. The molecule has 0 aliphatic heterocycles. The highest BCUT2D eigenvalue weighted by Crippen LogP contribution is 2.24. The van der Waals surface area contributed by atoms with Gasteiger partial charge in [-0.25, -0.2) is 0 Å². The highest BCUT2D eigenvalue weighted by molar-refractivity contribution is 7.12. The van der Waals surface area contributed by atoms with Crippen LogP contribution in [0.25, 0.3) is 0 Å². The maximum absolute atomic E-state index is 12.6. The molecule has 0 saturated carbocycles. The van der Waals surface area contributed by atoms with Gasteiger partial charge in [0.25, 0.3) is 5.91 Å². The summed E-state index contributed by atoms with van der Waals surface area (Å²) in [5.74, 6) is 0.141. The van der Waals surface area contributed by atoms with Gasteiger partial charge in [0.2, 0.25) is 0 Å². The molecule has 0 saturated heterocycles. The molecule has 0 bridgehead atoms. The van der Waals surface area contributed by atoms with Crippen LogP contribution in [-0.4, -0.2) is 26.1 Å². The van der Waals surface area contributed by atoms with Crippen molar-refractivity contribution in [2.45, 2.75) is 26.3 Å². The first-order valence-electron chi connectivity index (χ1n) is 7.53. The van der Waals surface area contributed by atoms with Crippen molar-refractivity contribution in [2.24, 2.45) is 0 Å². The van der Waals surface area contributed by atoms with Gasteiger partial charge in [-0.05, 0) is 37.6 Å². The number of nitrogens with one attached hydrogen (secondary N) is 1. The molecular weight excluding hydrogens is 326 g/mol. The summed E-state index contributed by atoms with van der Waals surface area (Å²) in [7, 11) is 2.92. The van der Waals surface area contributed by atoms with E-state index in [0.29, 0.717) is 11.3 Å². The summed E-state index contributed by atoms with van der Waals surface area (Å²) >= 11 is 1.57. The van der Waals surface area contributed by atoms with E-state index < -0.39 is 6.04 Å². The minimum Gasteiger partial charge on any atom is -0.497 e. The van der Waals surface area contributed by atoms with Crippen LogP contribution in [0.5, 0.6) is 5.75 Å². The molecule has 2 aromatic rings. The Labute approximate surface area is 145 Å². The Morgan fingerprint density at radius 3 is 2.33 bits per heavy atom. The molecule has 6 heteroatoms. The fraction of sp³-hybridized carbons (Fsp3) is 0.333. The van der Waals surface area contributed by atoms with Gasteiger partial charge in [-0.1, -0.05) is 12.1 Å². The van der Waals surface area contributed by atoms with Gasteiger partial charge in [0.15, 0.2) is 0 Å². The lowest BCUT2D eigenvalue weighted by Crippen LogP contribution is -2.30. The Balaban J connectivity index is 2.23. The zero-order valence-corrected chi connectivity index (χ0v) is 15.0. The smallest absolute Gasteiger partial charge is 0.307 e. The number of carbonyl (C=O) groups excluding carboxylic acids is 2. The molecule has 0 radical (unpaired) electrons. The molecule has 1 unspecified atom stereocenters. The summed E-state index contributed by atoms with van der Waals surface area (Å²) in [4.78, 5) is 26.3. The molecule has 2 rings (SSSR count). The monoisotopic (exact) mass is 347 g/mol. The number of esters is 1. The van der Waals surface area contributed by atoms with E-state index in [4.69, 9.17) is 9.47 Å². The minimum absolute atomic E-state index is 0.0662. The van der Waals surface area contributed by atoms with E-state index in [9.17, 15) is 9.59 Å². The number of aryl methyl sites for hydroxylation is 2. The quantitative estimate of drug-likeness (QED) is 0.814. The summed E-state index contributed by atoms with van der Waals surface area (Å²) in [6.45, 7) is 3.87. The fourth-order valence-electron chi connectivity index (χ4n) is 2.43. The first-order valence-corrected chi connectivity index (χ1v) is 8.35. The number of rotatable bonds is 6. The number of ether oxygens (including phenoxy) is 2. The Kier molecular flexibility index (Phi) is 5.98. The Morgan fingerprint density at radius 2 is 1.83 bits per heavy atom. The van der Waals surface area contributed by atoms with Crippen LogP contribution < -0.4 is 10.1 Å². The number of methoxy groups -OCH3 is 2. The van der Waals surface area contributed by atoms with E-state index in [0.717, 1.165) is 15.3 Å². The Hall–Kier alpha value is -2.34. The zero-order chi connectivity index (χ0) is 17.7. The van der Waals surface area contributed by atoms with Crippen molar-refractivity contribution in [2.75, 3.05) is 14.2 Å². The van der Waals surface area contributed by atoms with Crippen LogP contribution in [0.4, 0.5) is 0 Å². The van der Waals surface area contributed by atoms with Gasteiger partial charge in [0.05, 0.1) is 32.2 Å². The number of thiophene rings is 1. The number of hydrogen-bond donors (Lipinski definition) is 1. The van der Waals surface area contributed by atoms with Crippen molar-refractivity contribution in [1.29, 1.82) is 0 Å². The van der Waals surface area contributed by atoms with E-state index in [1.807, 2.05) is 32.0 Å². The van der Waals surface area contributed by atoms with Gasteiger partial charge in [0, 0.05) is 9.75 Å². The van der Waals surface area contributed by atoms with Crippen LogP contribution in [0.1, 0.15) is 38.1 Å². The second kappa shape index (κ2) is 7.97. The molecule has 1 atom stereocenters. The lowest BCUT2D eigenvalue weighted by Gasteiger charge is -2.18. The topological polar surface area (TPSA) is 64.6 Å². The Morgan fingerprint density at radius 1 is 1.17 bits per heavy atom. The van der Waals surface area contributed by atoms with E-state index in [-0.39, 0.29) is 18.3 Å². The second-order valence-electron chi connectivity index (χ2n) is 5.41. The number of carbonyl (C=O) groups is 2. The highest BCUT2D eigenvalue weighted by atomic mass is 32.1. The van der Waals surface area contributed by atoms with Gasteiger partial charge in [-0.2, -0.15) is 0 Å². The van der Waals surface area contributed by atoms with Gasteiger partial charge < -0.3 is 14.8 Å². The average molecular weight is 347 g/mol. The molecule has 0 aliphatic rings. The van der Waals surface area contributed by atoms with Gasteiger partial charge in [0.1, 0.15) is 5.75 Å². The summed E-state index contributed by atoms with van der Waals surface area (Å²) in [5.41, 5.74) is 1.46. The van der Waals surface area contributed by atoms with Gasteiger partial charge in [-0.3, -0.25) is 9.59 Å². The van der Waals surface area contributed by atoms with Crippen molar-refractivity contribution in [1.82, 2.24) is 5.32 Å². The van der Waals surface area contributed by atoms with Crippen LogP contribution in [0, 0.1) is 13.8 Å². The molecule has 0 aliphatic carbocycles. The van der Waals surface area contributed by atoms with E-state index in [2.05, 4.69) is 5.32 Å². The van der Waals surface area contributed by atoms with Crippen molar-refractivity contribution in [3.63, 3.8) is 0 Å². The zero-order valence-electron chi connectivity index (χ0n) is 14.2.